The topological polar surface area (TPSA) is 49.7 Å². The number of phenols is 2. The molecule has 0 aromatic heterocycles. The van der Waals surface area contributed by atoms with E-state index in [1.807, 2.05) is 30.3 Å². The summed E-state index contributed by atoms with van der Waals surface area (Å²) in [6.07, 6.45) is 0. The Morgan fingerprint density at radius 1 is 0.682 bits per heavy atom. The summed E-state index contributed by atoms with van der Waals surface area (Å²) in [5.41, 5.74) is 2.87. The largest absolute Gasteiger partial charge is 0.508 e. The van der Waals surface area contributed by atoms with Crippen LogP contribution in [0, 0.1) is 0 Å². The summed E-state index contributed by atoms with van der Waals surface area (Å²) in [4.78, 5) is 0. The van der Waals surface area contributed by atoms with Gasteiger partial charge in [0.05, 0.1) is 0 Å². The quantitative estimate of drug-likeness (QED) is 0.547. The Kier molecular flexibility index (Phi) is 2.79. The van der Waals surface area contributed by atoms with Crippen LogP contribution in [-0.2, 0) is 0 Å². The third kappa shape index (κ3) is 1.99. The Labute approximate surface area is 128 Å². The van der Waals surface area contributed by atoms with Crippen LogP contribution in [0.15, 0.2) is 66.7 Å². The smallest absolute Gasteiger partial charge is 0.131 e. The second kappa shape index (κ2) is 4.81. The fourth-order valence-electron chi connectivity index (χ4n) is 3.00. The molecule has 0 saturated carbocycles. The summed E-state index contributed by atoms with van der Waals surface area (Å²) in [6.45, 7) is 0. The van der Waals surface area contributed by atoms with Crippen molar-refractivity contribution in [2.45, 2.75) is 5.92 Å². The zero-order valence-corrected chi connectivity index (χ0v) is 11.7. The van der Waals surface area contributed by atoms with Gasteiger partial charge in [0.25, 0.3) is 0 Å². The van der Waals surface area contributed by atoms with E-state index in [1.165, 1.54) is 0 Å². The highest BCUT2D eigenvalue weighted by atomic mass is 16.5. The van der Waals surface area contributed by atoms with Gasteiger partial charge in [-0.3, -0.25) is 0 Å². The lowest BCUT2D eigenvalue weighted by atomic mass is 9.82. The molecule has 108 valence electrons. The highest BCUT2D eigenvalue weighted by Crippen LogP contribution is 2.48. The van der Waals surface area contributed by atoms with Gasteiger partial charge in [-0.15, -0.1) is 0 Å². The first kappa shape index (κ1) is 12.8. The molecule has 0 saturated heterocycles. The van der Waals surface area contributed by atoms with Crippen molar-refractivity contribution in [1.29, 1.82) is 0 Å². The molecule has 1 heterocycles. The average Bonchev–Trinajstić information content (AvgIpc) is 2.54. The Balaban J connectivity index is 1.99. The molecule has 0 unspecified atom stereocenters. The molecule has 0 radical (unpaired) electrons. The third-order valence-corrected chi connectivity index (χ3v) is 3.96. The predicted molar refractivity (Wildman–Crippen MR) is 83.7 cm³/mol. The van der Waals surface area contributed by atoms with Crippen LogP contribution < -0.4 is 4.74 Å². The SMILES string of the molecule is Oc1ccc2c(c1)C(c1ccccc1)c1cc(O)ccc1O2. The maximum atomic E-state index is 9.85. The van der Waals surface area contributed by atoms with Crippen molar-refractivity contribution >= 4 is 0 Å². The van der Waals surface area contributed by atoms with Gasteiger partial charge in [-0.2, -0.15) is 0 Å². The number of ether oxygens (including phenoxy) is 1. The monoisotopic (exact) mass is 290 g/mol. The number of fused-ring (bicyclic) bond motifs is 2. The van der Waals surface area contributed by atoms with Gasteiger partial charge in [0, 0.05) is 17.0 Å². The van der Waals surface area contributed by atoms with E-state index in [1.54, 1.807) is 36.4 Å². The van der Waals surface area contributed by atoms with Gasteiger partial charge in [0.1, 0.15) is 23.0 Å². The average molecular weight is 290 g/mol. The molecule has 3 heteroatoms. The maximum absolute atomic E-state index is 9.85. The normalized spacial score (nSPS) is 13.1. The summed E-state index contributed by atoms with van der Waals surface area (Å²) in [7, 11) is 0. The van der Waals surface area contributed by atoms with Gasteiger partial charge in [0.2, 0.25) is 0 Å². The van der Waals surface area contributed by atoms with Crippen LogP contribution in [0.5, 0.6) is 23.0 Å². The third-order valence-electron chi connectivity index (χ3n) is 3.96. The highest BCUT2D eigenvalue weighted by Gasteiger charge is 2.29. The molecule has 4 rings (SSSR count). The predicted octanol–water partition coefficient (Wildman–Crippen LogP) is 4.38. The van der Waals surface area contributed by atoms with Gasteiger partial charge >= 0.3 is 0 Å². The molecule has 0 aliphatic carbocycles. The van der Waals surface area contributed by atoms with E-state index in [-0.39, 0.29) is 17.4 Å². The van der Waals surface area contributed by atoms with E-state index in [2.05, 4.69) is 0 Å². The standard InChI is InChI=1S/C19H14O3/c20-13-6-8-17-15(10-13)19(12-4-2-1-3-5-12)16-11-14(21)7-9-18(16)22-17/h1-11,19-21H. The summed E-state index contributed by atoms with van der Waals surface area (Å²) >= 11 is 0. The molecule has 0 fully saturated rings. The molecule has 1 aliphatic heterocycles. The molecule has 3 aromatic rings. The molecular weight excluding hydrogens is 276 g/mol. The molecule has 3 aromatic carbocycles. The van der Waals surface area contributed by atoms with Crippen molar-refractivity contribution in [2.24, 2.45) is 0 Å². The van der Waals surface area contributed by atoms with E-state index in [4.69, 9.17) is 4.74 Å². The Bertz CT molecular complexity index is 789. The van der Waals surface area contributed by atoms with Crippen LogP contribution in [0.2, 0.25) is 0 Å². The second-order valence-corrected chi connectivity index (χ2v) is 5.39. The molecule has 0 atom stereocenters. The van der Waals surface area contributed by atoms with Crippen molar-refractivity contribution in [3.05, 3.63) is 83.4 Å². The molecule has 0 amide bonds. The summed E-state index contributed by atoms with van der Waals surface area (Å²) in [6, 6.07) is 20.2. The minimum Gasteiger partial charge on any atom is -0.508 e. The number of rotatable bonds is 1. The van der Waals surface area contributed by atoms with Crippen molar-refractivity contribution in [3.8, 4) is 23.0 Å². The summed E-state index contributed by atoms with van der Waals surface area (Å²) < 4.78 is 5.92. The van der Waals surface area contributed by atoms with Crippen LogP contribution in [-0.4, -0.2) is 10.2 Å². The first-order valence-corrected chi connectivity index (χ1v) is 7.11. The van der Waals surface area contributed by atoms with Gasteiger partial charge in [-0.1, -0.05) is 30.3 Å². The van der Waals surface area contributed by atoms with Crippen molar-refractivity contribution < 1.29 is 14.9 Å². The maximum Gasteiger partial charge on any atom is 0.131 e. The molecule has 1 aliphatic rings. The second-order valence-electron chi connectivity index (χ2n) is 5.39. The van der Waals surface area contributed by atoms with Gasteiger partial charge in [-0.05, 0) is 42.0 Å². The van der Waals surface area contributed by atoms with E-state index >= 15 is 0 Å². The molecule has 2 N–H and O–H groups in total. The van der Waals surface area contributed by atoms with Crippen molar-refractivity contribution in [2.75, 3.05) is 0 Å². The lowest BCUT2D eigenvalue weighted by Gasteiger charge is -2.28. The number of hydrogen-bond donors (Lipinski definition) is 2. The molecular formula is C19H14O3. The lowest BCUT2D eigenvalue weighted by molar-refractivity contribution is 0.436. The highest BCUT2D eigenvalue weighted by molar-refractivity contribution is 5.60. The van der Waals surface area contributed by atoms with Gasteiger partial charge in [0.15, 0.2) is 0 Å². The van der Waals surface area contributed by atoms with Gasteiger partial charge < -0.3 is 14.9 Å². The van der Waals surface area contributed by atoms with Crippen molar-refractivity contribution in [3.63, 3.8) is 0 Å². The van der Waals surface area contributed by atoms with E-state index in [0.29, 0.717) is 0 Å². The zero-order valence-electron chi connectivity index (χ0n) is 11.7. The number of benzene rings is 3. The zero-order chi connectivity index (χ0) is 15.1. The van der Waals surface area contributed by atoms with Crippen LogP contribution in [0.3, 0.4) is 0 Å². The fourth-order valence-corrected chi connectivity index (χ4v) is 3.00. The van der Waals surface area contributed by atoms with E-state index in [0.717, 1.165) is 28.2 Å². The van der Waals surface area contributed by atoms with Crippen LogP contribution in [0.25, 0.3) is 0 Å². The van der Waals surface area contributed by atoms with E-state index < -0.39 is 0 Å². The summed E-state index contributed by atoms with van der Waals surface area (Å²) in [5.74, 6) is 1.77. The number of hydrogen-bond acceptors (Lipinski definition) is 3. The Morgan fingerprint density at radius 2 is 1.23 bits per heavy atom. The van der Waals surface area contributed by atoms with Crippen LogP contribution in [0.4, 0.5) is 0 Å². The molecule has 22 heavy (non-hydrogen) atoms. The fraction of sp³-hybridized carbons (Fsp3) is 0.0526. The first-order valence-electron chi connectivity index (χ1n) is 7.11. The molecule has 0 bridgehead atoms. The van der Waals surface area contributed by atoms with Crippen molar-refractivity contribution in [1.82, 2.24) is 0 Å². The van der Waals surface area contributed by atoms with Crippen LogP contribution in [0.1, 0.15) is 22.6 Å². The minimum absolute atomic E-state index is 0.0841. The number of aromatic hydroxyl groups is 2. The first-order chi connectivity index (χ1) is 10.7. The molecule has 3 nitrogen and oxygen atoms in total. The van der Waals surface area contributed by atoms with E-state index in [9.17, 15) is 10.2 Å². The lowest BCUT2D eigenvalue weighted by Crippen LogP contribution is -2.11. The molecule has 0 spiro atoms. The number of phenolic OH excluding ortho intramolecular Hbond substituents is 2. The minimum atomic E-state index is -0.0841. The van der Waals surface area contributed by atoms with Gasteiger partial charge in [-0.25, -0.2) is 0 Å². The Hall–Kier alpha value is -2.94. The van der Waals surface area contributed by atoms with Crippen LogP contribution >= 0.6 is 0 Å². The Morgan fingerprint density at radius 3 is 1.77 bits per heavy atom. The summed E-state index contributed by atoms with van der Waals surface area (Å²) in [5, 5.41) is 19.7.